The van der Waals surface area contributed by atoms with Crippen molar-refractivity contribution in [2.75, 3.05) is 5.73 Å². The molecule has 1 rings (SSSR count). The molecule has 0 radical (unpaired) electrons. The summed E-state index contributed by atoms with van der Waals surface area (Å²) in [6, 6.07) is 1.42. The first-order valence-corrected chi connectivity index (χ1v) is 2.59. The van der Waals surface area contributed by atoms with Crippen LogP contribution in [0, 0.1) is 0 Å². The van der Waals surface area contributed by atoms with E-state index >= 15 is 0 Å². The number of nitrogen functional groups attached to an aromatic ring is 1. The van der Waals surface area contributed by atoms with Crippen molar-refractivity contribution in [2.24, 2.45) is 5.73 Å². The van der Waals surface area contributed by atoms with E-state index in [1.54, 1.807) is 0 Å². The summed E-state index contributed by atoms with van der Waals surface area (Å²) in [6.07, 6.45) is 1.36. The molecule has 1 aromatic rings. The molecule has 0 aliphatic heterocycles. The molecule has 0 aliphatic carbocycles. The third kappa shape index (κ3) is 1.02. The summed E-state index contributed by atoms with van der Waals surface area (Å²) >= 11 is 0. The number of nitrogens with two attached hydrogens (primary N) is 2. The molecule has 52 valence electrons. The average molecular weight is 138 g/mol. The van der Waals surface area contributed by atoms with Crippen LogP contribution >= 0.6 is 0 Å². The van der Waals surface area contributed by atoms with Gasteiger partial charge >= 0.3 is 0 Å². The minimum Gasteiger partial charge on any atom is -0.382 e. The fourth-order valence-electron chi connectivity index (χ4n) is 0.551. The van der Waals surface area contributed by atoms with Crippen molar-refractivity contribution in [2.45, 2.75) is 0 Å². The number of nitrogens with zero attached hydrogens (tertiary/aromatic N) is 2. The van der Waals surface area contributed by atoms with Crippen molar-refractivity contribution in [3.63, 3.8) is 0 Å². The van der Waals surface area contributed by atoms with Gasteiger partial charge in [-0.2, -0.15) is 5.10 Å². The van der Waals surface area contributed by atoms with E-state index in [1.165, 1.54) is 12.3 Å². The van der Waals surface area contributed by atoms with Crippen LogP contribution < -0.4 is 11.5 Å². The molecule has 0 atom stereocenters. The molecule has 0 saturated carbocycles. The van der Waals surface area contributed by atoms with E-state index < -0.39 is 5.91 Å². The van der Waals surface area contributed by atoms with Crippen molar-refractivity contribution >= 4 is 11.7 Å². The fourth-order valence-corrected chi connectivity index (χ4v) is 0.551. The molecule has 0 fully saturated rings. The highest BCUT2D eigenvalue weighted by molar-refractivity contribution is 5.96. The molecule has 0 spiro atoms. The smallest absolute Gasteiger partial charge is 0.252 e. The van der Waals surface area contributed by atoms with E-state index in [2.05, 4.69) is 10.2 Å². The van der Waals surface area contributed by atoms with Crippen molar-refractivity contribution in [1.82, 2.24) is 10.2 Å². The van der Waals surface area contributed by atoms with Crippen molar-refractivity contribution in [3.8, 4) is 0 Å². The van der Waals surface area contributed by atoms with Crippen LogP contribution in [0.25, 0.3) is 0 Å². The van der Waals surface area contributed by atoms with Crippen LogP contribution in [-0.2, 0) is 0 Å². The number of hydrogen-bond acceptors (Lipinski definition) is 4. The van der Waals surface area contributed by atoms with Gasteiger partial charge in [-0.3, -0.25) is 4.79 Å². The quantitative estimate of drug-likeness (QED) is 0.528. The van der Waals surface area contributed by atoms with Crippen molar-refractivity contribution < 1.29 is 4.79 Å². The second-order valence-electron chi connectivity index (χ2n) is 1.69. The molecular formula is C5H6N4O. The normalized spacial score (nSPS) is 9.20. The largest absolute Gasteiger partial charge is 0.382 e. The minimum atomic E-state index is -0.590. The van der Waals surface area contributed by atoms with Gasteiger partial charge in [-0.1, -0.05) is 0 Å². The van der Waals surface area contributed by atoms with Crippen LogP contribution in [0.4, 0.5) is 5.82 Å². The zero-order valence-corrected chi connectivity index (χ0v) is 5.11. The van der Waals surface area contributed by atoms with Gasteiger partial charge in [-0.05, 0) is 6.07 Å². The lowest BCUT2D eigenvalue weighted by molar-refractivity contribution is 0.100. The molecular weight excluding hydrogens is 132 g/mol. The maximum absolute atomic E-state index is 10.5. The Kier molecular flexibility index (Phi) is 1.49. The predicted octanol–water partition coefficient (Wildman–Crippen LogP) is -0.842. The summed E-state index contributed by atoms with van der Waals surface area (Å²) in [7, 11) is 0. The van der Waals surface area contributed by atoms with E-state index in [1.807, 2.05) is 0 Å². The maximum atomic E-state index is 10.5. The van der Waals surface area contributed by atoms with E-state index in [0.717, 1.165) is 0 Å². The number of carbonyl (C=O) groups excluding carboxylic acids is 1. The number of amides is 1. The molecule has 5 heteroatoms. The Bertz CT molecular complexity index is 260. The monoisotopic (exact) mass is 138 g/mol. The SMILES string of the molecule is NC(=O)c1ccnnc1N. The summed E-state index contributed by atoms with van der Waals surface area (Å²) in [6.45, 7) is 0. The molecule has 0 bridgehead atoms. The number of hydrogen-bond donors (Lipinski definition) is 2. The summed E-state index contributed by atoms with van der Waals surface area (Å²) in [5.74, 6) is -0.526. The van der Waals surface area contributed by atoms with Gasteiger partial charge in [0.05, 0.1) is 11.8 Å². The molecule has 10 heavy (non-hydrogen) atoms. The Morgan fingerprint density at radius 1 is 1.60 bits per heavy atom. The third-order valence-electron chi connectivity index (χ3n) is 1.01. The standard InChI is InChI=1S/C5H6N4O/c6-4-3(5(7)10)1-2-8-9-4/h1-2H,(H2,6,9)(H2,7,10). The van der Waals surface area contributed by atoms with Gasteiger partial charge in [-0.15, -0.1) is 5.10 Å². The van der Waals surface area contributed by atoms with Gasteiger partial charge in [0.25, 0.3) is 5.91 Å². The number of primary amides is 1. The van der Waals surface area contributed by atoms with Gasteiger partial charge in [-0.25, -0.2) is 0 Å². The average Bonchev–Trinajstić information content (AvgIpc) is 1.88. The lowest BCUT2D eigenvalue weighted by Crippen LogP contribution is -2.14. The van der Waals surface area contributed by atoms with Gasteiger partial charge in [0, 0.05) is 0 Å². The van der Waals surface area contributed by atoms with E-state index in [0.29, 0.717) is 0 Å². The van der Waals surface area contributed by atoms with Crippen molar-refractivity contribution in [1.29, 1.82) is 0 Å². The first kappa shape index (κ1) is 6.47. The molecule has 0 aromatic carbocycles. The summed E-state index contributed by atoms with van der Waals surface area (Å²) in [4.78, 5) is 10.5. The zero-order chi connectivity index (χ0) is 7.56. The highest BCUT2D eigenvalue weighted by Crippen LogP contribution is 2.02. The minimum absolute atomic E-state index is 0.0648. The van der Waals surface area contributed by atoms with Crippen molar-refractivity contribution in [3.05, 3.63) is 17.8 Å². The van der Waals surface area contributed by atoms with Crippen LogP contribution in [0.1, 0.15) is 10.4 Å². The van der Waals surface area contributed by atoms with Crippen LogP contribution in [0.15, 0.2) is 12.3 Å². The molecule has 0 unspecified atom stereocenters. The van der Waals surface area contributed by atoms with Crippen LogP contribution in [0.3, 0.4) is 0 Å². The van der Waals surface area contributed by atoms with Crippen LogP contribution in [0.2, 0.25) is 0 Å². The maximum Gasteiger partial charge on any atom is 0.252 e. The summed E-state index contributed by atoms with van der Waals surface area (Å²) in [5.41, 5.74) is 10.4. The Morgan fingerprint density at radius 2 is 2.30 bits per heavy atom. The first-order chi connectivity index (χ1) is 4.72. The van der Waals surface area contributed by atoms with Gasteiger partial charge in [0.15, 0.2) is 5.82 Å². The van der Waals surface area contributed by atoms with E-state index in [-0.39, 0.29) is 11.4 Å². The molecule has 0 saturated heterocycles. The topological polar surface area (TPSA) is 94.9 Å². The van der Waals surface area contributed by atoms with E-state index in [4.69, 9.17) is 11.5 Å². The predicted molar refractivity (Wildman–Crippen MR) is 35.0 cm³/mol. The van der Waals surface area contributed by atoms with Crippen LogP contribution in [-0.4, -0.2) is 16.1 Å². The van der Waals surface area contributed by atoms with E-state index in [9.17, 15) is 4.79 Å². The Balaban J connectivity index is 3.15. The first-order valence-electron chi connectivity index (χ1n) is 2.59. The lowest BCUT2D eigenvalue weighted by atomic mass is 10.3. The fraction of sp³-hybridized carbons (Fsp3) is 0. The summed E-state index contributed by atoms with van der Waals surface area (Å²) in [5, 5.41) is 6.87. The number of anilines is 1. The van der Waals surface area contributed by atoms with Gasteiger partial charge in [0.2, 0.25) is 0 Å². The third-order valence-corrected chi connectivity index (χ3v) is 1.01. The molecule has 4 N–H and O–H groups in total. The Labute approximate surface area is 57.0 Å². The number of carbonyl (C=O) groups is 1. The number of aromatic nitrogens is 2. The Hall–Kier alpha value is -1.65. The molecule has 1 amide bonds. The molecule has 1 aromatic heterocycles. The molecule has 1 heterocycles. The zero-order valence-electron chi connectivity index (χ0n) is 5.11. The number of rotatable bonds is 1. The van der Waals surface area contributed by atoms with Gasteiger partial charge in [0.1, 0.15) is 0 Å². The second-order valence-corrected chi connectivity index (χ2v) is 1.69. The Morgan fingerprint density at radius 3 is 2.70 bits per heavy atom. The van der Waals surface area contributed by atoms with Crippen LogP contribution in [0.5, 0.6) is 0 Å². The van der Waals surface area contributed by atoms with Gasteiger partial charge < -0.3 is 11.5 Å². The highest BCUT2D eigenvalue weighted by Gasteiger charge is 2.04. The molecule has 5 nitrogen and oxygen atoms in total. The summed E-state index contributed by atoms with van der Waals surface area (Å²) < 4.78 is 0. The highest BCUT2D eigenvalue weighted by atomic mass is 16.1. The lowest BCUT2D eigenvalue weighted by Gasteiger charge is -1.95. The second kappa shape index (κ2) is 2.30. The molecule has 0 aliphatic rings.